The monoisotopic (exact) mass is 367 g/mol. The van der Waals surface area contributed by atoms with Crippen LogP contribution in [0.3, 0.4) is 0 Å². The summed E-state index contributed by atoms with van der Waals surface area (Å²) in [6, 6.07) is 3.77. The standard InChI is InChI=1S/C12H21N3O2.HI/c1-3-13-12(14-7-9-16-4-2)15-10-11-6-5-8-17-11;/h5-6,8H,3-4,7,9-10H2,1-2H3,(H2,13,14,15);1H. The van der Waals surface area contributed by atoms with Gasteiger partial charge in [-0.2, -0.15) is 0 Å². The van der Waals surface area contributed by atoms with Gasteiger partial charge >= 0.3 is 0 Å². The lowest BCUT2D eigenvalue weighted by atomic mass is 10.4. The highest BCUT2D eigenvalue weighted by Crippen LogP contribution is 2.00. The number of nitrogens with one attached hydrogen (secondary N) is 2. The van der Waals surface area contributed by atoms with E-state index in [0.717, 1.165) is 31.4 Å². The quantitative estimate of drug-likeness (QED) is 0.335. The molecule has 0 bridgehead atoms. The summed E-state index contributed by atoms with van der Waals surface area (Å²) in [6.45, 7) is 7.56. The molecule has 0 spiro atoms. The van der Waals surface area contributed by atoms with E-state index in [4.69, 9.17) is 9.15 Å². The van der Waals surface area contributed by atoms with Crippen LogP contribution < -0.4 is 10.6 Å². The summed E-state index contributed by atoms with van der Waals surface area (Å²) in [6.07, 6.45) is 1.65. The molecule has 104 valence electrons. The minimum Gasteiger partial charge on any atom is -0.467 e. The summed E-state index contributed by atoms with van der Waals surface area (Å²) >= 11 is 0. The minimum atomic E-state index is 0. The molecule has 1 aromatic rings. The fraction of sp³-hybridized carbons (Fsp3) is 0.583. The Kier molecular flexibility index (Phi) is 10.9. The molecule has 0 aliphatic heterocycles. The highest BCUT2D eigenvalue weighted by Gasteiger charge is 1.98. The first kappa shape index (κ1) is 17.2. The van der Waals surface area contributed by atoms with E-state index in [1.54, 1.807) is 6.26 Å². The first-order valence-electron chi connectivity index (χ1n) is 5.99. The van der Waals surface area contributed by atoms with Crippen LogP contribution in [0.1, 0.15) is 19.6 Å². The van der Waals surface area contributed by atoms with Crippen LogP contribution in [0.5, 0.6) is 0 Å². The molecule has 1 rings (SSSR count). The van der Waals surface area contributed by atoms with E-state index < -0.39 is 0 Å². The van der Waals surface area contributed by atoms with Crippen LogP contribution in [0.4, 0.5) is 0 Å². The number of halogens is 1. The molecule has 0 saturated heterocycles. The molecule has 18 heavy (non-hydrogen) atoms. The third kappa shape index (κ3) is 7.54. The topological polar surface area (TPSA) is 58.8 Å². The third-order valence-electron chi connectivity index (χ3n) is 2.06. The Bertz CT molecular complexity index is 315. The molecule has 6 heteroatoms. The van der Waals surface area contributed by atoms with Crippen LogP contribution in [-0.4, -0.2) is 32.3 Å². The lowest BCUT2D eigenvalue weighted by molar-refractivity contribution is 0.152. The van der Waals surface area contributed by atoms with E-state index in [0.29, 0.717) is 13.2 Å². The molecule has 0 fully saturated rings. The third-order valence-corrected chi connectivity index (χ3v) is 2.06. The van der Waals surface area contributed by atoms with Crippen molar-refractivity contribution >= 4 is 29.9 Å². The van der Waals surface area contributed by atoms with E-state index in [1.165, 1.54) is 0 Å². The molecule has 5 nitrogen and oxygen atoms in total. The largest absolute Gasteiger partial charge is 0.467 e. The Balaban J connectivity index is 0.00000289. The smallest absolute Gasteiger partial charge is 0.191 e. The molecule has 0 aliphatic rings. The van der Waals surface area contributed by atoms with Crippen molar-refractivity contribution in [2.75, 3.05) is 26.3 Å². The normalized spacial score (nSPS) is 10.9. The average Bonchev–Trinajstić information content (AvgIpc) is 2.84. The van der Waals surface area contributed by atoms with Gasteiger partial charge in [0.2, 0.25) is 0 Å². The second kappa shape index (κ2) is 11.3. The van der Waals surface area contributed by atoms with Crippen LogP contribution in [0, 0.1) is 0 Å². The van der Waals surface area contributed by atoms with E-state index in [1.807, 2.05) is 26.0 Å². The van der Waals surface area contributed by atoms with Gasteiger partial charge in [0.15, 0.2) is 5.96 Å². The molecule has 0 radical (unpaired) electrons. The first-order chi connectivity index (χ1) is 8.36. The molecule has 0 unspecified atom stereocenters. The number of nitrogens with zero attached hydrogens (tertiary/aromatic N) is 1. The van der Waals surface area contributed by atoms with Crippen LogP contribution in [-0.2, 0) is 11.3 Å². The lowest BCUT2D eigenvalue weighted by Gasteiger charge is -2.10. The second-order valence-electron chi connectivity index (χ2n) is 3.40. The minimum absolute atomic E-state index is 0. The van der Waals surface area contributed by atoms with E-state index in [2.05, 4.69) is 15.6 Å². The van der Waals surface area contributed by atoms with Crippen LogP contribution >= 0.6 is 24.0 Å². The number of aliphatic imine (C=N–C) groups is 1. The van der Waals surface area contributed by atoms with Gasteiger partial charge in [0.25, 0.3) is 0 Å². The number of hydrogen-bond donors (Lipinski definition) is 2. The number of ether oxygens (including phenoxy) is 1. The Hall–Kier alpha value is -0.760. The highest BCUT2D eigenvalue weighted by atomic mass is 127. The predicted molar refractivity (Wildman–Crippen MR) is 83.4 cm³/mol. The summed E-state index contributed by atoms with van der Waals surface area (Å²) in [5.74, 6) is 1.63. The van der Waals surface area contributed by atoms with Crippen molar-refractivity contribution in [1.29, 1.82) is 0 Å². The zero-order chi connectivity index (χ0) is 12.3. The van der Waals surface area contributed by atoms with Crippen LogP contribution in [0.25, 0.3) is 0 Å². The van der Waals surface area contributed by atoms with Crippen molar-refractivity contribution in [2.45, 2.75) is 20.4 Å². The Morgan fingerprint density at radius 1 is 1.39 bits per heavy atom. The lowest BCUT2D eigenvalue weighted by Crippen LogP contribution is -2.38. The summed E-state index contributed by atoms with van der Waals surface area (Å²) in [5.41, 5.74) is 0. The summed E-state index contributed by atoms with van der Waals surface area (Å²) in [4.78, 5) is 4.40. The van der Waals surface area contributed by atoms with Gasteiger partial charge in [-0.1, -0.05) is 0 Å². The van der Waals surface area contributed by atoms with Crippen LogP contribution in [0.2, 0.25) is 0 Å². The Morgan fingerprint density at radius 2 is 2.22 bits per heavy atom. The molecule has 1 heterocycles. The van der Waals surface area contributed by atoms with Crippen molar-refractivity contribution in [3.05, 3.63) is 24.2 Å². The molecule has 0 amide bonds. The average molecular weight is 367 g/mol. The fourth-order valence-corrected chi connectivity index (χ4v) is 1.29. The molecule has 0 aliphatic carbocycles. The maximum absolute atomic E-state index is 5.25. The molecular weight excluding hydrogens is 345 g/mol. The fourth-order valence-electron chi connectivity index (χ4n) is 1.29. The molecule has 2 N–H and O–H groups in total. The van der Waals surface area contributed by atoms with Crippen molar-refractivity contribution in [3.63, 3.8) is 0 Å². The zero-order valence-electron chi connectivity index (χ0n) is 10.9. The number of furan rings is 1. The van der Waals surface area contributed by atoms with Gasteiger partial charge in [0.1, 0.15) is 12.3 Å². The molecule has 0 aromatic carbocycles. The Labute approximate surface area is 125 Å². The van der Waals surface area contributed by atoms with Gasteiger partial charge in [-0.15, -0.1) is 24.0 Å². The maximum Gasteiger partial charge on any atom is 0.191 e. The van der Waals surface area contributed by atoms with Crippen LogP contribution in [0.15, 0.2) is 27.8 Å². The van der Waals surface area contributed by atoms with Crippen molar-refractivity contribution < 1.29 is 9.15 Å². The molecule has 0 atom stereocenters. The number of rotatable bonds is 7. The van der Waals surface area contributed by atoms with Crippen molar-refractivity contribution in [2.24, 2.45) is 4.99 Å². The number of hydrogen-bond acceptors (Lipinski definition) is 3. The predicted octanol–water partition coefficient (Wildman–Crippen LogP) is 1.99. The van der Waals surface area contributed by atoms with Crippen molar-refractivity contribution in [3.8, 4) is 0 Å². The van der Waals surface area contributed by atoms with E-state index in [-0.39, 0.29) is 24.0 Å². The second-order valence-corrected chi connectivity index (χ2v) is 3.40. The van der Waals surface area contributed by atoms with Gasteiger partial charge < -0.3 is 19.8 Å². The zero-order valence-corrected chi connectivity index (χ0v) is 13.3. The number of guanidine groups is 1. The van der Waals surface area contributed by atoms with Gasteiger partial charge in [0, 0.05) is 19.7 Å². The van der Waals surface area contributed by atoms with Gasteiger partial charge in [-0.3, -0.25) is 0 Å². The maximum atomic E-state index is 5.25. The molecule has 1 aromatic heterocycles. The Morgan fingerprint density at radius 3 is 2.83 bits per heavy atom. The first-order valence-corrected chi connectivity index (χ1v) is 5.99. The molecule has 0 saturated carbocycles. The molecular formula is C12H22IN3O2. The van der Waals surface area contributed by atoms with E-state index >= 15 is 0 Å². The summed E-state index contributed by atoms with van der Waals surface area (Å²) in [5, 5.41) is 6.35. The SMILES string of the molecule is CCNC(=NCc1ccco1)NCCOCC.I. The summed E-state index contributed by atoms with van der Waals surface area (Å²) < 4.78 is 10.5. The van der Waals surface area contributed by atoms with Gasteiger partial charge in [-0.25, -0.2) is 4.99 Å². The van der Waals surface area contributed by atoms with Gasteiger partial charge in [-0.05, 0) is 26.0 Å². The summed E-state index contributed by atoms with van der Waals surface area (Å²) in [7, 11) is 0. The van der Waals surface area contributed by atoms with E-state index in [9.17, 15) is 0 Å². The van der Waals surface area contributed by atoms with Crippen molar-refractivity contribution in [1.82, 2.24) is 10.6 Å². The highest BCUT2D eigenvalue weighted by molar-refractivity contribution is 14.0. The van der Waals surface area contributed by atoms with Gasteiger partial charge in [0.05, 0.1) is 12.9 Å².